The van der Waals surface area contributed by atoms with Crippen LogP contribution in [0.3, 0.4) is 0 Å². The van der Waals surface area contributed by atoms with Crippen molar-refractivity contribution < 1.29 is 35.5 Å². The van der Waals surface area contributed by atoms with Crippen molar-refractivity contribution in [3.8, 4) is 5.75 Å². The third-order valence-corrected chi connectivity index (χ3v) is 8.99. The second-order valence-corrected chi connectivity index (χ2v) is 11.5. The first-order chi connectivity index (χ1) is 14.2. The van der Waals surface area contributed by atoms with E-state index in [9.17, 15) is 4.79 Å². The molecule has 2 heterocycles. The van der Waals surface area contributed by atoms with E-state index in [-0.39, 0.29) is 33.9 Å². The minimum Gasteiger partial charge on any atom is -0.468 e. The largest absolute Gasteiger partial charge is 0.468 e. The molecule has 0 atom stereocenters. The highest BCUT2D eigenvalue weighted by atomic mass is 127. The van der Waals surface area contributed by atoms with Gasteiger partial charge in [-0.2, -0.15) is 0 Å². The maximum absolute atomic E-state index is 12.6. The van der Waals surface area contributed by atoms with Crippen molar-refractivity contribution in [2.75, 3.05) is 18.7 Å². The summed E-state index contributed by atoms with van der Waals surface area (Å²) in [4.78, 5) is 17.1. The number of hydrogen-bond acceptors (Lipinski definition) is 6. The predicted octanol–water partition coefficient (Wildman–Crippen LogP) is 2.11. The Morgan fingerprint density at radius 3 is 2.79 bits per heavy atom. The summed E-state index contributed by atoms with van der Waals surface area (Å²) in [6.07, 6.45) is 0. The summed E-state index contributed by atoms with van der Waals surface area (Å²) >= 11 is 3.02. The topological polar surface area (TPSA) is 60.5 Å². The van der Waals surface area contributed by atoms with Crippen LogP contribution in [0.25, 0.3) is 10.2 Å². The summed E-state index contributed by atoms with van der Waals surface area (Å²) in [7, 11) is 0. The van der Waals surface area contributed by atoms with E-state index in [1.54, 1.807) is 11.3 Å². The summed E-state index contributed by atoms with van der Waals surface area (Å²) in [6.45, 7) is 2.74. The van der Waals surface area contributed by atoms with Crippen LogP contribution in [-0.2, 0) is 4.74 Å². The maximum atomic E-state index is 12.6. The monoisotopic (exact) mass is 537 g/mol. The van der Waals surface area contributed by atoms with Crippen LogP contribution in [0.15, 0.2) is 60.0 Å². The van der Waals surface area contributed by atoms with Gasteiger partial charge in [-0.25, -0.2) is 4.98 Å². The lowest BCUT2D eigenvalue weighted by Gasteiger charge is -2.04. The van der Waals surface area contributed by atoms with Gasteiger partial charge in [-0.15, -0.1) is 0 Å². The maximum Gasteiger partial charge on any atom is 0.369 e. The van der Waals surface area contributed by atoms with Crippen molar-refractivity contribution in [1.82, 2.24) is 4.98 Å². The zero-order valence-electron chi connectivity index (χ0n) is 15.6. The van der Waals surface area contributed by atoms with Crippen molar-refractivity contribution in [2.45, 2.75) is 6.92 Å². The van der Waals surface area contributed by atoms with Gasteiger partial charge < -0.3 is 9.47 Å². The van der Waals surface area contributed by atoms with Crippen molar-refractivity contribution in [2.24, 2.45) is 0 Å². The van der Waals surface area contributed by atoms with E-state index >= 15 is 0 Å². The number of ether oxygens (including phenoxy) is 2. The van der Waals surface area contributed by atoms with Gasteiger partial charge in [-0.3, -0.25) is 10.1 Å². The van der Waals surface area contributed by atoms with Gasteiger partial charge in [0.2, 0.25) is 2.88 Å². The Hall–Kier alpha value is -2.01. The molecule has 8 heteroatoms. The fourth-order valence-corrected chi connectivity index (χ4v) is 7.01. The molecular formula is C21H18IN2O3S2+. The number of nitrogens with one attached hydrogen (secondary N) is 1. The number of aromatic nitrogens is 1. The van der Waals surface area contributed by atoms with Gasteiger partial charge in [0.1, 0.15) is 5.75 Å². The van der Waals surface area contributed by atoms with Crippen LogP contribution in [-0.4, -0.2) is 24.3 Å². The van der Waals surface area contributed by atoms with Crippen molar-refractivity contribution in [3.63, 3.8) is 0 Å². The number of carbonyl (C=O) groups is 1. The molecule has 5 nitrogen and oxygen atoms in total. The average molecular weight is 537 g/mol. The van der Waals surface area contributed by atoms with E-state index in [1.807, 2.05) is 49.4 Å². The molecule has 1 amide bonds. The zero-order chi connectivity index (χ0) is 20.1. The Balaban J connectivity index is 1.41. The zero-order valence-corrected chi connectivity index (χ0v) is 19.3. The molecular weight excluding hydrogens is 519 g/mol. The summed E-state index contributed by atoms with van der Waals surface area (Å²) in [5, 5.41) is 5.57. The van der Waals surface area contributed by atoms with Crippen LogP contribution in [0, 0.1) is 6.45 Å². The fourth-order valence-electron chi connectivity index (χ4n) is 2.49. The van der Waals surface area contributed by atoms with E-state index in [4.69, 9.17) is 9.47 Å². The van der Waals surface area contributed by atoms with Crippen LogP contribution < -0.4 is 31.3 Å². The summed E-state index contributed by atoms with van der Waals surface area (Å²) in [5.41, 5.74) is 1.45. The van der Waals surface area contributed by atoms with Gasteiger partial charge in [-0.1, -0.05) is 22.7 Å². The Bertz CT molecular complexity index is 1100. The summed E-state index contributed by atoms with van der Waals surface area (Å²) in [6, 6.07) is 17.7. The van der Waals surface area contributed by atoms with E-state index in [1.165, 1.54) is 17.8 Å². The smallest absolute Gasteiger partial charge is 0.369 e. The Morgan fingerprint density at radius 1 is 1.17 bits per heavy atom. The van der Waals surface area contributed by atoms with Gasteiger partial charge in [0, 0.05) is 18.2 Å². The minimum absolute atomic E-state index is 0.155. The number of thiazole rings is 1. The molecule has 0 aliphatic rings. The van der Waals surface area contributed by atoms with E-state index in [2.05, 4.69) is 27.8 Å². The van der Waals surface area contributed by atoms with E-state index in [0.717, 1.165) is 16.0 Å². The summed E-state index contributed by atoms with van der Waals surface area (Å²) < 4.78 is 14.4. The molecule has 0 unspecified atom stereocenters. The number of benzene rings is 2. The van der Waals surface area contributed by atoms with Crippen LogP contribution >= 0.6 is 22.7 Å². The second-order valence-electron chi connectivity index (χ2n) is 5.88. The van der Waals surface area contributed by atoms with E-state index in [0.29, 0.717) is 17.3 Å². The van der Waals surface area contributed by atoms with Gasteiger partial charge in [0.15, 0.2) is 15.5 Å². The van der Waals surface area contributed by atoms with Crippen LogP contribution in [0.2, 0.25) is 0 Å². The standard InChI is InChI=1S/C21H17IN2O3S2/c1-2-26-13-27-16-9-10-17-18(12-16)29-21(23-17)24-20(25)14-5-7-15(8-6-14)22-19-4-3-11-28-19/h3-12H,2,13H2,1H3/p+1. The highest BCUT2D eigenvalue weighted by Crippen LogP contribution is 2.29. The van der Waals surface area contributed by atoms with Crippen molar-refractivity contribution in [3.05, 3.63) is 72.0 Å². The number of fused-ring (bicyclic) bond motifs is 1. The molecule has 0 aliphatic carbocycles. The fraction of sp³-hybridized carbons (Fsp3) is 0.143. The van der Waals surface area contributed by atoms with Gasteiger partial charge in [-0.05, 0) is 60.8 Å². The number of thiophene rings is 1. The van der Waals surface area contributed by atoms with Gasteiger partial charge >= 0.3 is 21.2 Å². The molecule has 0 radical (unpaired) electrons. The molecule has 0 saturated carbocycles. The third-order valence-electron chi connectivity index (χ3n) is 3.89. The molecule has 0 fully saturated rings. The Kier molecular flexibility index (Phi) is 6.75. The SMILES string of the molecule is CCOCOc1ccc2nc(NC(=O)c3ccc([I+]c4cccs4)cc3)sc2c1. The predicted molar refractivity (Wildman–Crippen MR) is 113 cm³/mol. The molecule has 148 valence electrons. The minimum atomic E-state index is -0.183. The van der Waals surface area contributed by atoms with Crippen LogP contribution in [0.4, 0.5) is 5.13 Å². The molecule has 0 saturated heterocycles. The molecule has 0 aliphatic heterocycles. The highest BCUT2D eigenvalue weighted by molar-refractivity contribution is 7.22. The van der Waals surface area contributed by atoms with Crippen LogP contribution in [0.1, 0.15) is 17.3 Å². The lowest BCUT2D eigenvalue weighted by atomic mass is 10.2. The number of nitrogens with zero attached hydrogens (tertiary/aromatic N) is 1. The van der Waals surface area contributed by atoms with E-state index < -0.39 is 0 Å². The Labute approximate surface area is 187 Å². The second kappa shape index (κ2) is 9.66. The number of carbonyl (C=O) groups excluding carboxylic acids is 1. The summed E-state index contributed by atoms with van der Waals surface area (Å²) in [5.74, 6) is 0.565. The number of anilines is 1. The number of rotatable bonds is 8. The number of amides is 1. The third kappa shape index (κ3) is 5.33. The molecule has 2 aromatic carbocycles. The molecule has 0 spiro atoms. The molecule has 4 aromatic rings. The quantitative estimate of drug-likeness (QED) is 0.213. The molecule has 4 rings (SSSR count). The first kappa shape index (κ1) is 20.3. The molecule has 29 heavy (non-hydrogen) atoms. The molecule has 0 bridgehead atoms. The first-order valence-electron chi connectivity index (χ1n) is 8.92. The van der Waals surface area contributed by atoms with Gasteiger partial charge in [0.25, 0.3) is 5.91 Å². The molecule has 2 aromatic heterocycles. The first-order valence-corrected chi connectivity index (χ1v) is 12.8. The molecule has 1 N–H and O–H groups in total. The number of hydrogen-bond donors (Lipinski definition) is 1. The average Bonchev–Trinajstić information content (AvgIpc) is 3.37. The van der Waals surface area contributed by atoms with Crippen molar-refractivity contribution in [1.29, 1.82) is 0 Å². The van der Waals surface area contributed by atoms with Crippen molar-refractivity contribution >= 4 is 43.9 Å². The normalized spacial score (nSPS) is 10.9. The van der Waals surface area contributed by atoms with Gasteiger partial charge in [0.05, 0.1) is 10.2 Å². The number of halogens is 1. The van der Waals surface area contributed by atoms with Crippen LogP contribution in [0.5, 0.6) is 5.75 Å². The Morgan fingerprint density at radius 2 is 2.03 bits per heavy atom. The highest BCUT2D eigenvalue weighted by Gasteiger charge is 2.17. The lowest BCUT2D eigenvalue weighted by molar-refractivity contribution is -0.591. The lowest BCUT2D eigenvalue weighted by Crippen LogP contribution is -3.61.